The summed E-state index contributed by atoms with van der Waals surface area (Å²) in [5.41, 5.74) is 3.25. The lowest BCUT2D eigenvalue weighted by Crippen LogP contribution is -2.62. The number of hydrogen-bond donors (Lipinski definition) is 4. The molecule has 4 fully saturated rings. The fourth-order valence-electron chi connectivity index (χ4n) is 9.12. The third-order valence-corrected chi connectivity index (χ3v) is 11.8. The van der Waals surface area contributed by atoms with E-state index in [-0.39, 0.29) is 37.0 Å². The van der Waals surface area contributed by atoms with Crippen LogP contribution in [0.3, 0.4) is 0 Å². The zero-order chi connectivity index (χ0) is 36.5. The van der Waals surface area contributed by atoms with Crippen LogP contribution in [0, 0.1) is 35.0 Å². The van der Waals surface area contributed by atoms with E-state index in [0.717, 1.165) is 36.1 Å². The van der Waals surface area contributed by atoms with Gasteiger partial charge in [0.25, 0.3) is 5.91 Å². The third kappa shape index (κ3) is 7.89. The van der Waals surface area contributed by atoms with E-state index in [9.17, 15) is 19.8 Å². The van der Waals surface area contributed by atoms with Crippen molar-refractivity contribution in [3.05, 3.63) is 53.6 Å². The summed E-state index contributed by atoms with van der Waals surface area (Å²) in [7, 11) is 5.63. The molecule has 276 valence electrons. The topological polar surface area (TPSA) is 124 Å². The summed E-state index contributed by atoms with van der Waals surface area (Å²) >= 11 is 0. The number of nitrogens with zero attached hydrogens (tertiary/aromatic N) is 2. The average molecular weight is 693 g/mol. The summed E-state index contributed by atoms with van der Waals surface area (Å²) < 4.78 is 6.00. The molecule has 4 N–H and O–H groups in total. The van der Waals surface area contributed by atoms with E-state index in [1.165, 1.54) is 6.42 Å². The monoisotopic (exact) mass is 692 g/mol. The van der Waals surface area contributed by atoms with Crippen molar-refractivity contribution in [3.63, 3.8) is 0 Å². The van der Waals surface area contributed by atoms with Crippen LogP contribution in [0.5, 0.6) is 5.75 Å². The van der Waals surface area contributed by atoms with Gasteiger partial charge in [0.2, 0.25) is 5.91 Å². The molecule has 2 aromatic carbocycles. The van der Waals surface area contributed by atoms with Gasteiger partial charge in [-0.25, -0.2) is 0 Å². The van der Waals surface area contributed by atoms with Gasteiger partial charge in [0, 0.05) is 41.2 Å². The Morgan fingerprint density at radius 3 is 2.44 bits per heavy atom. The number of rotatable bonds is 14. The summed E-state index contributed by atoms with van der Waals surface area (Å²) in [6, 6.07) is 12.6. The molecule has 4 aliphatic rings. The molecule has 1 heterocycles. The highest BCUT2D eigenvalue weighted by Crippen LogP contribution is 2.61. The molecule has 2 amide bonds. The number of carbonyl (C=O) groups excluding carboxylic acids is 2. The summed E-state index contributed by atoms with van der Waals surface area (Å²) in [4.78, 5) is 35.9. The van der Waals surface area contributed by atoms with Crippen LogP contribution in [-0.2, 0) is 16.2 Å². The van der Waals surface area contributed by atoms with Gasteiger partial charge in [0.15, 0.2) is 0 Å². The lowest BCUT2D eigenvalue weighted by molar-refractivity contribution is -0.183. The van der Waals surface area contributed by atoms with Gasteiger partial charge in [-0.15, -0.1) is 0 Å². The predicted molar refractivity (Wildman–Crippen MR) is 195 cm³/mol. The van der Waals surface area contributed by atoms with E-state index in [2.05, 4.69) is 50.2 Å². The highest BCUT2D eigenvalue weighted by Gasteiger charge is 2.57. The lowest BCUT2D eigenvalue weighted by atomic mass is 9.45. The molecule has 10 nitrogen and oxygen atoms in total. The Hall–Kier alpha value is -3.02. The highest BCUT2D eigenvalue weighted by atomic mass is 16.7. The van der Waals surface area contributed by atoms with Crippen LogP contribution in [0.25, 0.3) is 11.1 Å². The number of amides is 2. The highest BCUT2D eigenvalue weighted by molar-refractivity contribution is 5.96. The molecule has 1 aliphatic heterocycles. The molecule has 50 heavy (non-hydrogen) atoms. The Bertz CT molecular complexity index is 1480. The number of benzene rings is 2. The maximum Gasteiger partial charge on any atom is 0.251 e. The second kappa shape index (κ2) is 15.7. The summed E-state index contributed by atoms with van der Waals surface area (Å²) in [6.45, 7) is 13.5. The molecule has 0 radical (unpaired) electrons. The molecule has 3 aliphatic carbocycles. The van der Waals surface area contributed by atoms with E-state index in [1.54, 1.807) is 19.1 Å². The number of nitrogens with one attached hydrogen (secondary N) is 2. The number of aliphatic hydroxyl groups is 2. The second-order valence-corrected chi connectivity index (χ2v) is 16.4. The number of aliphatic hydroxyl groups excluding tert-OH is 2. The summed E-state index contributed by atoms with van der Waals surface area (Å²) in [5.74, 6) is 1.60. The van der Waals surface area contributed by atoms with Crippen molar-refractivity contribution in [2.45, 2.75) is 97.7 Å². The van der Waals surface area contributed by atoms with Crippen molar-refractivity contribution in [1.29, 1.82) is 0 Å². The van der Waals surface area contributed by atoms with Crippen LogP contribution in [0.1, 0.15) is 76.7 Å². The Morgan fingerprint density at radius 1 is 1.12 bits per heavy atom. The number of hydrogen-bond acceptors (Lipinski definition) is 8. The number of fused-ring (bicyclic) bond motifs is 2. The fraction of sp³-hybridized carbons (Fsp3) is 0.650. The van der Waals surface area contributed by atoms with Gasteiger partial charge in [-0.2, -0.15) is 5.06 Å². The number of ether oxygens (including phenoxy) is 1. The first kappa shape index (κ1) is 38.2. The Kier molecular flexibility index (Phi) is 12.0. The Balaban J connectivity index is 1.39. The van der Waals surface area contributed by atoms with Gasteiger partial charge in [-0.3, -0.25) is 14.4 Å². The fourth-order valence-corrected chi connectivity index (χ4v) is 9.12. The summed E-state index contributed by atoms with van der Waals surface area (Å²) in [5, 5.41) is 29.3. The van der Waals surface area contributed by atoms with Crippen molar-refractivity contribution in [2.75, 3.05) is 34.4 Å². The van der Waals surface area contributed by atoms with Crippen LogP contribution in [0.15, 0.2) is 42.5 Å². The zero-order valence-corrected chi connectivity index (χ0v) is 31.5. The molecule has 9 atom stereocenters. The van der Waals surface area contributed by atoms with Crippen LogP contribution in [0.4, 0.5) is 0 Å². The van der Waals surface area contributed by atoms with E-state index >= 15 is 0 Å². The molecule has 0 spiro atoms. The minimum atomic E-state index is -0.885. The SMILES string of the molecule is COc1c(CN2O[C@@H](CO)[C@H]([C@H](C)O)[C@H]2C(=O)N[C@H]2C[C@H]3C[C@@H]([C@@H]2C)C3(C)C)cccc1-c1cccc(C(=O)N[C@@H](CC(C)C)CN(C)C)c1. The lowest BCUT2D eigenvalue weighted by Gasteiger charge is -2.62. The van der Waals surface area contributed by atoms with Crippen molar-refractivity contribution in [1.82, 2.24) is 20.6 Å². The van der Waals surface area contributed by atoms with Gasteiger partial charge in [0.1, 0.15) is 17.9 Å². The quantitative estimate of drug-likeness (QED) is 0.224. The minimum absolute atomic E-state index is 0.0247. The van der Waals surface area contributed by atoms with Crippen LogP contribution >= 0.6 is 0 Å². The number of methoxy groups -OCH3 is 1. The normalized spacial score (nSPS) is 28.6. The smallest absolute Gasteiger partial charge is 0.251 e. The predicted octanol–water partition coefficient (Wildman–Crippen LogP) is 4.73. The molecule has 2 aromatic rings. The Morgan fingerprint density at radius 2 is 1.84 bits per heavy atom. The molecule has 3 saturated carbocycles. The number of hydroxylamine groups is 2. The molecule has 6 rings (SSSR count). The zero-order valence-electron chi connectivity index (χ0n) is 31.5. The van der Waals surface area contributed by atoms with Crippen molar-refractivity contribution < 1.29 is 29.4 Å². The van der Waals surface area contributed by atoms with Gasteiger partial charge >= 0.3 is 0 Å². The molecule has 0 unspecified atom stereocenters. The Labute approximate surface area is 298 Å². The standard InChI is InChI=1S/C40H60N4O6/c1-23(2)16-30(21-43(7)8)41-38(47)27-13-10-12-26(17-27)31-15-11-14-28(37(31)49-9)20-44-36(35(25(4)46)34(22-45)50-44)39(48)42-33-19-29-18-32(24(33)3)40(29,5)6/h10-15,17,23-25,29-30,32-36,45-46H,16,18-22H2,1-9H3,(H,41,47)(H,42,48)/t24-,25-,29+,30-,32-,33-,34-,35-,36-/m0/s1. The maximum absolute atomic E-state index is 14.2. The van der Waals surface area contributed by atoms with Crippen LogP contribution in [0.2, 0.25) is 0 Å². The number of carbonyl (C=O) groups is 2. The number of para-hydroxylation sites is 1. The van der Waals surface area contributed by atoms with Gasteiger partial charge < -0.3 is 30.5 Å². The van der Waals surface area contributed by atoms with Crippen molar-refractivity contribution in [3.8, 4) is 16.9 Å². The largest absolute Gasteiger partial charge is 0.496 e. The second-order valence-electron chi connectivity index (χ2n) is 16.4. The first-order valence-corrected chi connectivity index (χ1v) is 18.4. The maximum atomic E-state index is 14.2. The van der Waals surface area contributed by atoms with Crippen molar-refractivity contribution >= 4 is 11.8 Å². The molecule has 10 heteroatoms. The third-order valence-electron chi connectivity index (χ3n) is 11.8. The van der Waals surface area contributed by atoms with E-state index in [4.69, 9.17) is 9.57 Å². The summed E-state index contributed by atoms with van der Waals surface area (Å²) in [6.07, 6.45) is 1.40. The van der Waals surface area contributed by atoms with Gasteiger partial charge in [-0.1, -0.05) is 65.0 Å². The molecule has 0 aromatic heterocycles. The first-order valence-electron chi connectivity index (χ1n) is 18.4. The van der Waals surface area contributed by atoms with Crippen LogP contribution in [-0.4, -0.2) is 96.7 Å². The van der Waals surface area contributed by atoms with Crippen LogP contribution < -0.4 is 15.4 Å². The molecular weight excluding hydrogens is 632 g/mol. The molecular formula is C40H60N4O6. The average Bonchev–Trinajstić information content (AvgIpc) is 3.43. The first-order chi connectivity index (χ1) is 23.7. The molecule has 2 bridgehead atoms. The van der Waals surface area contributed by atoms with E-state index in [1.807, 2.05) is 56.6 Å². The molecule has 1 saturated heterocycles. The van der Waals surface area contributed by atoms with E-state index in [0.29, 0.717) is 40.4 Å². The van der Waals surface area contributed by atoms with Gasteiger partial charge in [-0.05, 0) is 87.1 Å². The number of likely N-dealkylation sites (N-methyl/N-ethyl adjacent to an activating group) is 1. The van der Waals surface area contributed by atoms with E-state index < -0.39 is 24.2 Å². The minimum Gasteiger partial charge on any atom is -0.496 e. The van der Waals surface area contributed by atoms with Gasteiger partial charge in [0.05, 0.1) is 26.4 Å². The van der Waals surface area contributed by atoms with Crippen molar-refractivity contribution in [2.24, 2.45) is 35.0 Å².